The summed E-state index contributed by atoms with van der Waals surface area (Å²) in [4.78, 5) is 17.2. The van der Waals surface area contributed by atoms with Gasteiger partial charge < -0.3 is 4.57 Å². The van der Waals surface area contributed by atoms with Crippen LogP contribution in [0.5, 0.6) is 0 Å². The normalized spacial score (nSPS) is 11.2. The molecule has 0 radical (unpaired) electrons. The topological polar surface area (TPSA) is 69.0 Å². The van der Waals surface area contributed by atoms with Gasteiger partial charge in [0, 0.05) is 61.2 Å². The molecule has 2 heterocycles. The Kier molecular flexibility index (Phi) is 5.93. The molecule has 32 heavy (non-hydrogen) atoms. The van der Waals surface area contributed by atoms with Crippen molar-refractivity contribution in [3.05, 3.63) is 106 Å². The van der Waals surface area contributed by atoms with Crippen LogP contribution in [0.2, 0.25) is 0 Å². The standard InChI is InChI=1S/C26H22N2O3S/c1-28-22(15-20-8-11-23(12-9-20)32(2,30)31)17-26(29)24-16-19(10-13-25(24)28)5-3-6-21-7-4-14-27-18-21/h4,7-14,16-18H,6,15H2,1-2H3. The smallest absolute Gasteiger partial charge is 0.189 e. The van der Waals surface area contributed by atoms with Gasteiger partial charge in [0.05, 0.1) is 10.4 Å². The second-order valence-corrected chi connectivity index (χ2v) is 9.74. The molecule has 0 spiro atoms. The van der Waals surface area contributed by atoms with Gasteiger partial charge in [0.2, 0.25) is 0 Å². The number of nitrogens with zero attached hydrogens (tertiary/aromatic N) is 2. The zero-order valence-electron chi connectivity index (χ0n) is 17.9. The van der Waals surface area contributed by atoms with Crippen molar-refractivity contribution in [2.75, 3.05) is 6.26 Å². The molecule has 0 aliphatic heterocycles. The zero-order valence-corrected chi connectivity index (χ0v) is 18.7. The highest BCUT2D eigenvalue weighted by Crippen LogP contribution is 2.18. The van der Waals surface area contributed by atoms with E-state index in [0.717, 1.165) is 27.9 Å². The van der Waals surface area contributed by atoms with E-state index in [1.165, 1.54) is 6.26 Å². The molecule has 160 valence electrons. The molecule has 5 nitrogen and oxygen atoms in total. The third-order valence-electron chi connectivity index (χ3n) is 5.34. The molecule has 2 aromatic heterocycles. The van der Waals surface area contributed by atoms with Gasteiger partial charge in [-0.15, -0.1) is 0 Å². The van der Waals surface area contributed by atoms with Crippen molar-refractivity contribution < 1.29 is 8.42 Å². The lowest BCUT2D eigenvalue weighted by molar-refractivity contribution is 0.602. The quantitative estimate of drug-likeness (QED) is 0.454. The van der Waals surface area contributed by atoms with Gasteiger partial charge in [-0.2, -0.15) is 0 Å². The van der Waals surface area contributed by atoms with Gasteiger partial charge in [-0.05, 0) is 47.5 Å². The Morgan fingerprint density at radius 2 is 1.78 bits per heavy atom. The molecule has 0 saturated heterocycles. The molecule has 0 saturated carbocycles. The summed E-state index contributed by atoms with van der Waals surface area (Å²) in [7, 11) is -1.31. The molecule has 4 aromatic rings. The summed E-state index contributed by atoms with van der Waals surface area (Å²) in [6.45, 7) is 0. The van der Waals surface area contributed by atoms with E-state index in [9.17, 15) is 13.2 Å². The third-order valence-corrected chi connectivity index (χ3v) is 6.47. The molecule has 0 bridgehead atoms. The predicted molar refractivity (Wildman–Crippen MR) is 126 cm³/mol. The first-order valence-electron chi connectivity index (χ1n) is 10.1. The summed E-state index contributed by atoms with van der Waals surface area (Å²) in [6.07, 6.45) is 5.84. The Balaban J connectivity index is 1.61. The monoisotopic (exact) mass is 442 g/mol. The van der Waals surface area contributed by atoms with Gasteiger partial charge in [0.15, 0.2) is 15.3 Å². The van der Waals surface area contributed by atoms with Gasteiger partial charge in [0.1, 0.15) is 0 Å². The van der Waals surface area contributed by atoms with E-state index in [1.807, 2.05) is 41.9 Å². The first kappa shape index (κ1) is 21.5. The van der Waals surface area contributed by atoms with E-state index in [4.69, 9.17) is 0 Å². The Labute approximate surface area is 187 Å². The van der Waals surface area contributed by atoms with Gasteiger partial charge >= 0.3 is 0 Å². The fraction of sp³-hybridized carbons (Fsp3) is 0.154. The lowest BCUT2D eigenvalue weighted by Gasteiger charge is -2.13. The molecule has 0 aliphatic carbocycles. The molecule has 0 fully saturated rings. The van der Waals surface area contributed by atoms with Crippen LogP contribution in [0.4, 0.5) is 0 Å². The largest absolute Gasteiger partial charge is 0.347 e. The number of pyridine rings is 2. The Hall–Kier alpha value is -3.69. The number of rotatable bonds is 4. The number of hydrogen-bond acceptors (Lipinski definition) is 4. The SMILES string of the molecule is Cn1c(Cc2ccc(S(C)(=O)=O)cc2)cc(=O)c2cc(C#CCc3cccnc3)ccc21. The van der Waals surface area contributed by atoms with Crippen LogP contribution in [-0.4, -0.2) is 24.2 Å². The second-order valence-electron chi connectivity index (χ2n) is 7.72. The van der Waals surface area contributed by atoms with Crippen molar-refractivity contribution in [1.82, 2.24) is 9.55 Å². The number of aryl methyl sites for hydroxylation is 1. The first-order chi connectivity index (χ1) is 15.3. The Bertz CT molecular complexity index is 1510. The molecule has 2 aromatic carbocycles. The summed E-state index contributed by atoms with van der Waals surface area (Å²) < 4.78 is 25.3. The third kappa shape index (κ3) is 4.79. The summed E-state index contributed by atoms with van der Waals surface area (Å²) in [5.74, 6) is 6.26. The molecule has 0 amide bonds. The van der Waals surface area contributed by atoms with E-state index in [-0.39, 0.29) is 10.3 Å². The van der Waals surface area contributed by atoms with Crippen LogP contribution in [0.25, 0.3) is 10.9 Å². The molecule has 6 heteroatoms. The van der Waals surface area contributed by atoms with Gasteiger partial charge in [-0.3, -0.25) is 9.78 Å². The van der Waals surface area contributed by atoms with E-state index in [2.05, 4.69) is 16.8 Å². The summed E-state index contributed by atoms with van der Waals surface area (Å²) >= 11 is 0. The fourth-order valence-electron chi connectivity index (χ4n) is 3.57. The highest BCUT2D eigenvalue weighted by atomic mass is 32.2. The van der Waals surface area contributed by atoms with Crippen molar-refractivity contribution in [1.29, 1.82) is 0 Å². The Morgan fingerprint density at radius 3 is 2.47 bits per heavy atom. The summed E-state index contributed by atoms with van der Waals surface area (Å²) in [5.41, 5.74) is 4.40. The molecule has 0 N–H and O–H groups in total. The summed E-state index contributed by atoms with van der Waals surface area (Å²) in [5, 5.41) is 0.622. The minimum Gasteiger partial charge on any atom is -0.347 e. The van der Waals surface area contributed by atoms with E-state index >= 15 is 0 Å². The molecule has 0 aliphatic rings. The molecule has 0 unspecified atom stereocenters. The predicted octanol–water partition coefficient (Wildman–Crippen LogP) is 3.52. The van der Waals surface area contributed by atoms with Crippen LogP contribution in [0.1, 0.15) is 22.4 Å². The highest BCUT2D eigenvalue weighted by molar-refractivity contribution is 7.90. The van der Waals surface area contributed by atoms with Crippen LogP contribution in [-0.2, 0) is 29.7 Å². The van der Waals surface area contributed by atoms with Gasteiger partial charge in [0.25, 0.3) is 0 Å². The van der Waals surface area contributed by atoms with Crippen LogP contribution in [0.3, 0.4) is 0 Å². The second kappa shape index (κ2) is 8.81. The minimum absolute atomic E-state index is 0.0586. The molecule has 4 rings (SSSR count). The minimum atomic E-state index is -3.23. The van der Waals surface area contributed by atoms with Crippen LogP contribution < -0.4 is 5.43 Å². The van der Waals surface area contributed by atoms with Gasteiger partial charge in [-0.1, -0.05) is 30.0 Å². The fourth-order valence-corrected chi connectivity index (χ4v) is 4.20. The van der Waals surface area contributed by atoms with Crippen LogP contribution in [0, 0.1) is 11.8 Å². The number of benzene rings is 2. The maximum atomic E-state index is 12.8. The van der Waals surface area contributed by atoms with Crippen molar-refractivity contribution >= 4 is 20.7 Å². The lowest BCUT2D eigenvalue weighted by atomic mass is 10.1. The first-order valence-corrected chi connectivity index (χ1v) is 12.0. The van der Waals surface area contributed by atoms with Crippen molar-refractivity contribution in [3.8, 4) is 11.8 Å². The van der Waals surface area contributed by atoms with E-state index in [1.54, 1.807) is 42.7 Å². The maximum Gasteiger partial charge on any atom is 0.189 e. The number of sulfone groups is 1. The average Bonchev–Trinajstić information content (AvgIpc) is 2.78. The number of fused-ring (bicyclic) bond motifs is 1. The van der Waals surface area contributed by atoms with Crippen LogP contribution in [0.15, 0.2) is 82.7 Å². The summed E-state index contributed by atoms with van der Waals surface area (Å²) in [6, 6.07) is 17.9. The van der Waals surface area contributed by atoms with Crippen molar-refractivity contribution in [2.45, 2.75) is 17.7 Å². The Morgan fingerprint density at radius 1 is 1.00 bits per heavy atom. The molecular weight excluding hydrogens is 420 g/mol. The van der Waals surface area contributed by atoms with Gasteiger partial charge in [-0.25, -0.2) is 8.42 Å². The molecule has 0 atom stereocenters. The highest BCUT2D eigenvalue weighted by Gasteiger charge is 2.10. The number of aromatic nitrogens is 2. The van der Waals surface area contributed by atoms with Crippen LogP contribution >= 0.6 is 0 Å². The number of hydrogen-bond donors (Lipinski definition) is 0. The van der Waals surface area contributed by atoms with Crippen molar-refractivity contribution in [3.63, 3.8) is 0 Å². The van der Waals surface area contributed by atoms with E-state index in [0.29, 0.717) is 18.2 Å². The average molecular weight is 443 g/mol. The molecular formula is C26H22N2O3S. The zero-order chi connectivity index (χ0) is 22.7. The lowest BCUT2D eigenvalue weighted by Crippen LogP contribution is -2.12. The maximum absolute atomic E-state index is 12.8. The van der Waals surface area contributed by atoms with E-state index < -0.39 is 9.84 Å². The van der Waals surface area contributed by atoms with Crippen molar-refractivity contribution in [2.24, 2.45) is 7.05 Å².